The van der Waals surface area contributed by atoms with Gasteiger partial charge in [0.05, 0.1) is 0 Å². The number of rotatable bonds is 8. The number of aryl methyl sites for hydroxylation is 2. The molecule has 0 N–H and O–H groups in total. The average Bonchev–Trinajstić information content (AvgIpc) is 3.37. The van der Waals surface area contributed by atoms with E-state index in [1.807, 2.05) is 42.5 Å². The number of allylic oxidation sites excluding steroid dienone is 2. The second kappa shape index (κ2) is 11.1. The van der Waals surface area contributed by atoms with Crippen LogP contribution in [0.4, 0.5) is 8.78 Å². The van der Waals surface area contributed by atoms with Crippen molar-refractivity contribution in [2.45, 2.75) is 32.1 Å². The second-order valence-electron chi connectivity index (χ2n) is 9.87. The SMILES string of the molecule is CC(=O)c1cccc(CCc2ccccc2C2CC(c3ccc(F)cc3)=CC2C(=O)c2cccc(F)c2)c1. The fraction of sp³-hybridized carbons (Fsp3) is 0.176. The van der Waals surface area contributed by atoms with Gasteiger partial charge in [0, 0.05) is 23.0 Å². The number of Topliss-reactive ketones (excluding diaryl/α,β-unsaturated/α-hetero) is 2. The summed E-state index contributed by atoms with van der Waals surface area (Å²) in [7, 11) is 0. The molecule has 4 aromatic rings. The van der Waals surface area contributed by atoms with Gasteiger partial charge in [-0.15, -0.1) is 0 Å². The van der Waals surface area contributed by atoms with Crippen LogP contribution in [-0.4, -0.2) is 11.6 Å². The van der Waals surface area contributed by atoms with Gasteiger partial charge in [-0.05, 0) is 84.3 Å². The lowest BCUT2D eigenvalue weighted by atomic mass is 9.80. The van der Waals surface area contributed by atoms with Crippen molar-refractivity contribution in [1.82, 2.24) is 0 Å². The molecule has 0 bridgehead atoms. The van der Waals surface area contributed by atoms with Gasteiger partial charge in [-0.3, -0.25) is 9.59 Å². The molecule has 0 spiro atoms. The molecule has 2 unspecified atom stereocenters. The molecule has 0 radical (unpaired) electrons. The average molecular weight is 507 g/mol. The fourth-order valence-electron chi connectivity index (χ4n) is 5.39. The van der Waals surface area contributed by atoms with Gasteiger partial charge in [0.15, 0.2) is 11.6 Å². The Morgan fingerprint density at radius 2 is 1.50 bits per heavy atom. The highest BCUT2D eigenvalue weighted by Gasteiger charge is 2.36. The normalized spacial score (nSPS) is 16.8. The molecule has 0 heterocycles. The predicted octanol–water partition coefficient (Wildman–Crippen LogP) is 8.02. The molecule has 4 heteroatoms. The Balaban J connectivity index is 1.48. The first-order valence-electron chi connectivity index (χ1n) is 12.8. The summed E-state index contributed by atoms with van der Waals surface area (Å²) in [6.07, 6.45) is 4.10. The van der Waals surface area contributed by atoms with Gasteiger partial charge in [0.2, 0.25) is 0 Å². The monoisotopic (exact) mass is 506 g/mol. The molecule has 4 aromatic carbocycles. The van der Waals surface area contributed by atoms with Crippen molar-refractivity contribution < 1.29 is 18.4 Å². The molecule has 1 aliphatic carbocycles. The molecule has 0 amide bonds. The zero-order chi connectivity index (χ0) is 26.6. The third-order valence-electron chi connectivity index (χ3n) is 7.35. The van der Waals surface area contributed by atoms with Gasteiger partial charge in [-0.2, -0.15) is 0 Å². The van der Waals surface area contributed by atoms with E-state index in [0.29, 0.717) is 17.5 Å². The third kappa shape index (κ3) is 5.55. The van der Waals surface area contributed by atoms with Crippen molar-refractivity contribution in [2.75, 3.05) is 0 Å². The summed E-state index contributed by atoms with van der Waals surface area (Å²) in [5.41, 5.74) is 6.19. The number of ketones is 2. The van der Waals surface area contributed by atoms with E-state index in [1.165, 1.54) is 24.3 Å². The first-order valence-corrected chi connectivity index (χ1v) is 12.8. The molecule has 0 aliphatic heterocycles. The van der Waals surface area contributed by atoms with Crippen LogP contribution in [0.1, 0.15) is 62.2 Å². The van der Waals surface area contributed by atoms with Gasteiger partial charge in [-0.1, -0.05) is 72.8 Å². The lowest BCUT2D eigenvalue weighted by Crippen LogP contribution is -2.19. The first kappa shape index (κ1) is 25.5. The van der Waals surface area contributed by atoms with Crippen molar-refractivity contribution in [3.05, 3.63) is 148 Å². The number of benzene rings is 4. The second-order valence-corrected chi connectivity index (χ2v) is 9.87. The van der Waals surface area contributed by atoms with Gasteiger partial charge in [0.1, 0.15) is 11.6 Å². The summed E-state index contributed by atoms with van der Waals surface area (Å²) in [6, 6.07) is 28.0. The van der Waals surface area contributed by atoms with E-state index < -0.39 is 11.7 Å². The zero-order valence-electron chi connectivity index (χ0n) is 21.2. The Kier molecular flexibility index (Phi) is 7.41. The van der Waals surface area contributed by atoms with E-state index in [9.17, 15) is 18.4 Å². The van der Waals surface area contributed by atoms with Crippen molar-refractivity contribution in [1.29, 1.82) is 0 Å². The minimum absolute atomic E-state index is 0.0382. The molecule has 0 fully saturated rings. The van der Waals surface area contributed by atoms with E-state index in [0.717, 1.165) is 40.7 Å². The maximum Gasteiger partial charge on any atom is 0.170 e. The Morgan fingerprint density at radius 3 is 2.26 bits per heavy atom. The largest absolute Gasteiger partial charge is 0.295 e. The van der Waals surface area contributed by atoms with Crippen LogP contribution in [0.15, 0.2) is 103 Å². The highest BCUT2D eigenvalue weighted by atomic mass is 19.1. The van der Waals surface area contributed by atoms with Crippen molar-refractivity contribution in [3.63, 3.8) is 0 Å². The van der Waals surface area contributed by atoms with E-state index >= 15 is 0 Å². The van der Waals surface area contributed by atoms with Crippen LogP contribution in [0.5, 0.6) is 0 Å². The van der Waals surface area contributed by atoms with E-state index in [2.05, 4.69) is 12.1 Å². The number of hydrogen-bond donors (Lipinski definition) is 0. The molecule has 0 aromatic heterocycles. The minimum Gasteiger partial charge on any atom is -0.295 e. The first-order chi connectivity index (χ1) is 18.4. The summed E-state index contributed by atoms with van der Waals surface area (Å²) < 4.78 is 27.6. The lowest BCUT2D eigenvalue weighted by molar-refractivity contribution is 0.0933. The summed E-state index contributed by atoms with van der Waals surface area (Å²) in [5.74, 6) is -1.45. The molecule has 2 atom stereocenters. The topological polar surface area (TPSA) is 34.1 Å². The Bertz CT molecular complexity index is 1520. The molecule has 38 heavy (non-hydrogen) atoms. The fourth-order valence-corrected chi connectivity index (χ4v) is 5.39. The van der Waals surface area contributed by atoms with Crippen LogP contribution >= 0.6 is 0 Å². The maximum absolute atomic E-state index is 14.0. The van der Waals surface area contributed by atoms with Crippen LogP contribution in [-0.2, 0) is 12.8 Å². The molecule has 1 aliphatic rings. The number of carbonyl (C=O) groups is 2. The zero-order valence-corrected chi connectivity index (χ0v) is 21.2. The van der Waals surface area contributed by atoms with E-state index in [-0.39, 0.29) is 23.3 Å². The van der Waals surface area contributed by atoms with Gasteiger partial charge >= 0.3 is 0 Å². The quantitative estimate of drug-likeness (QED) is 0.227. The van der Waals surface area contributed by atoms with Crippen molar-refractivity contribution >= 4 is 17.1 Å². The molecule has 5 rings (SSSR count). The van der Waals surface area contributed by atoms with Crippen LogP contribution in [0.3, 0.4) is 0 Å². The molecular formula is C34H28F2O2. The van der Waals surface area contributed by atoms with Crippen LogP contribution in [0, 0.1) is 17.6 Å². The summed E-state index contributed by atoms with van der Waals surface area (Å²) in [5, 5.41) is 0. The molecule has 0 saturated carbocycles. The minimum atomic E-state index is -0.473. The lowest BCUT2D eigenvalue weighted by Gasteiger charge is -2.22. The molecule has 0 saturated heterocycles. The van der Waals surface area contributed by atoms with Crippen LogP contribution in [0.25, 0.3) is 5.57 Å². The van der Waals surface area contributed by atoms with Crippen molar-refractivity contribution in [3.8, 4) is 0 Å². The van der Waals surface area contributed by atoms with E-state index in [4.69, 9.17) is 0 Å². The Morgan fingerprint density at radius 1 is 0.763 bits per heavy atom. The Labute approximate surface area is 221 Å². The van der Waals surface area contributed by atoms with Crippen LogP contribution < -0.4 is 0 Å². The standard InChI is InChI=1S/C34H28F2O2/c1-22(37)26-8-4-6-23(18-26)12-13-25-7-2-3-11-31(25)32-20-28(24-14-16-29(35)17-15-24)21-33(32)34(38)27-9-5-10-30(36)19-27/h2-11,14-19,21,32-33H,12-13,20H2,1H3. The third-order valence-corrected chi connectivity index (χ3v) is 7.35. The smallest absolute Gasteiger partial charge is 0.170 e. The van der Waals surface area contributed by atoms with Gasteiger partial charge < -0.3 is 0 Å². The molecule has 2 nitrogen and oxygen atoms in total. The van der Waals surface area contributed by atoms with Gasteiger partial charge in [0.25, 0.3) is 0 Å². The highest BCUT2D eigenvalue weighted by Crippen LogP contribution is 2.45. The summed E-state index contributed by atoms with van der Waals surface area (Å²) in [4.78, 5) is 25.5. The van der Waals surface area contributed by atoms with Gasteiger partial charge in [-0.25, -0.2) is 8.78 Å². The summed E-state index contributed by atoms with van der Waals surface area (Å²) >= 11 is 0. The molecule has 190 valence electrons. The summed E-state index contributed by atoms with van der Waals surface area (Å²) in [6.45, 7) is 1.57. The number of hydrogen-bond acceptors (Lipinski definition) is 2. The predicted molar refractivity (Wildman–Crippen MR) is 146 cm³/mol. The number of halogens is 2. The van der Waals surface area contributed by atoms with Crippen molar-refractivity contribution in [2.24, 2.45) is 5.92 Å². The maximum atomic E-state index is 14.0. The van der Waals surface area contributed by atoms with Crippen LogP contribution in [0.2, 0.25) is 0 Å². The Hall–Kier alpha value is -4.18. The number of carbonyl (C=O) groups excluding carboxylic acids is 2. The van der Waals surface area contributed by atoms with E-state index in [1.54, 1.807) is 31.2 Å². The highest BCUT2D eigenvalue weighted by molar-refractivity contribution is 6.01. The molecular weight excluding hydrogens is 478 g/mol.